The van der Waals surface area contributed by atoms with Gasteiger partial charge in [0.15, 0.2) is 0 Å². The van der Waals surface area contributed by atoms with Gasteiger partial charge in [-0.2, -0.15) is 4.31 Å². The number of hydrogen-bond donors (Lipinski definition) is 0. The van der Waals surface area contributed by atoms with E-state index in [1.54, 1.807) is 61.7 Å². The zero-order valence-corrected chi connectivity index (χ0v) is 26.1. The van der Waals surface area contributed by atoms with Crippen LogP contribution in [0.2, 0.25) is 0 Å². The van der Waals surface area contributed by atoms with Gasteiger partial charge in [0, 0.05) is 20.3 Å². The lowest BCUT2D eigenvalue weighted by Crippen LogP contribution is -2.39. The van der Waals surface area contributed by atoms with E-state index in [0.717, 1.165) is 5.56 Å². The number of hydrogen-bond acceptors (Lipinski definition) is 6. The standard InChI is InChI=1S/C33H41N3O5S/c1-7-30(35(22-11-23-40-6)42(38,39)27-20-14-24(15-21-27)33(3,4)5)31-34-29-13-10-9-12-28(29)32(37)36(31)25-16-18-26(19-17-25)41-8-2/h9-10,12-21,30H,7-8,11,22-23H2,1-6H3. The Morgan fingerprint density at radius 3 is 2.21 bits per heavy atom. The third-order valence-electron chi connectivity index (χ3n) is 7.29. The second kappa shape index (κ2) is 13.2. The largest absolute Gasteiger partial charge is 0.494 e. The highest BCUT2D eigenvalue weighted by atomic mass is 32.2. The van der Waals surface area contributed by atoms with Gasteiger partial charge in [-0.25, -0.2) is 13.4 Å². The van der Waals surface area contributed by atoms with E-state index in [1.807, 2.05) is 32.0 Å². The van der Waals surface area contributed by atoms with Crippen LogP contribution in [0.3, 0.4) is 0 Å². The second-order valence-electron chi connectivity index (χ2n) is 11.2. The molecular formula is C33H41N3O5S. The molecule has 3 aromatic carbocycles. The van der Waals surface area contributed by atoms with Crippen molar-refractivity contribution in [1.82, 2.24) is 13.9 Å². The molecule has 0 fully saturated rings. The van der Waals surface area contributed by atoms with Gasteiger partial charge in [-0.1, -0.05) is 52.0 Å². The van der Waals surface area contributed by atoms with Gasteiger partial charge in [-0.05, 0) is 79.3 Å². The predicted octanol–water partition coefficient (Wildman–Crippen LogP) is 6.26. The Hall–Kier alpha value is -3.53. The molecule has 0 N–H and O–H groups in total. The average Bonchev–Trinajstić information content (AvgIpc) is 2.97. The first-order valence-corrected chi connectivity index (χ1v) is 15.8. The maximum absolute atomic E-state index is 14.3. The summed E-state index contributed by atoms with van der Waals surface area (Å²) in [7, 11) is -2.39. The number of methoxy groups -OCH3 is 1. The van der Waals surface area contributed by atoms with E-state index in [4.69, 9.17) is 14.5 Å². The van der Waals surface area contributed by atoms with Gasteiger partial charge in [0.1, 0.15) is 11.6 Å². The molecule has 1 aromatic heterocycles. The second-order valence-corrected chi connectivity index (χ2v) is 13.1. The molecule has 0 aliphatic rings. The minimum absolute atomic E-state index is 0.116. The number of fused-ring (bicyclic) bond motifs is 1. The first kappa shape index (κ1) is 31.4. The van der Waals surface area contributed by atoms with Crippen molar-refractivity contribution in [2.75, 3.05) is 26.9 Å². The number of sulfonamides is 1. The summed E-state index contributed by atoms with van der Waals surface area (Å²) in [5, 5.41) is 0.455. The molecular weight excluding hydrogens is 550 g/mol. The minimum atomic E-state index is -3.98. The van der Waals surface area contributed by atoms with Crippen LogP contribution in [0.1, 0.15) is 64.9 Å². The molecule has 9 heteroatoms. The molecule has 0 saturated carbocycles. The molecule has 0 amide bonds. The molecule has 0 radical (unpaired) electrons. The zero-order valence-electron chi connectivity index (χ0n) is 25.3. The van der Waals surface area contributed by atoms with Crippen LogP contribution in [0.4, 0.5) is 0 Å². The van der Waals surface area contributed by atoms with Crippen molar-refractivity contribution in [3.8, 4) is 11.4 Å². The van der Waals surface area contributed by atoms with Crippen molar-refractivity contribution >= 4 is 20.9 Å². The fourth-order valence-corrected chi connectivity index (χ4v) is 6.77. The van der Waals surface area contributed by atoms with E-state index in [0.29, 0.717) is 54.2 Å². The molecule has 8 nitrogen and oxygen atoms in total. The lowest BCUT2D eigenvalue weighted by molar-refractivity contribution is 0.179. The van der Waals surface area contributed by atoms with Crippen LogP contribution in [0.5, 0.6) is 5.75 Å². The van der Waals surface area contributed by atoms with Crippen molar-refractivity contribution in [3.05, 3.63) is 94.5 Å². The molecule has 0 bridgehead atoms. The Morgan fingerprint density at radius 1 is 0.952 bits per heavy atom. The van der Waals surface area contributed by atoms with Crippen molar-refractivity contribution in [1.29, 1.82) is 0 Å². The first-order chi connectivity index (χ1) is 20.0. The van der Waals surface area contributed by atoms with Gasteiger partial charge in [0.25, 0.3) is 5.56 Å². The van der Waals surface area contributed by atoms with E-state index >= 15 is 0 Å². The summed E-state index contributed by atoms with van der Waals surface area (Å²) in [5.41, 5.74) is 1.76. The third-order valence-corrected chi connectivity index (χ3v) is 9.22. The molecule has 0 aliphatic heterocycles. The molecule has 4 rings (SSSR count). The molecule has 42 heavy (non-hydrogen) atoms. The monoisotopic (exact) mass is 591 g/mol. The van der Waals surface area contributed by atoms with Crippen LogP contribution in [-0.4, -0.2) is 49.1 Å². The highest BCUT2D eigenvalue weighted by molar-refractivity contribution is 7.89. The summed E-state index contributed by atoms with van der Waals surface area (Å²) in [6.45, 7) is 11.2. The molecule has 0 aliphatic carbocycles. The van der Waals surface area contributed by atoms with Crippen LogP contribution in [-0.2, 0) is 20.2 Å². The number of benzene rings is 3. The van der Waals surface area contributed by atoms with E-state index < -0.39 is 16.1 Å². The van der Waals surface area contributed by atoms with Crippen molar-refractivity contribution in [3.63, 3.8) is 0 Å². The van der Waals surface area contributed by atoms with Crippen LogP contribution in [0, 0.1) is 0 Å². The average molecular weight is 592 g/mol. The van der Waals surface area contributed by atoms with Crippen molar-refractivity contribution in [2.24, 2.45) is 0 Å². The summed E-state index contributed by atoms with van der Waals surface area (Å²) in [6, 6.07) is 20.7. The summed E-state index contributed by atoms with van der Waals surface area (Å²) in [6.07, 6.45) is 0.876. The Labute approximate surface area is 249 Å². The number of rotatable bonds is 12. The van der Waals surface area contributed by atoms with Crippen LogP contribution in [0.25, 0.3) is 16.6 Å². The van der Waals surface area contributed by atoms with Gasteiger partial charge in [0.05, 0.1) is 34.1 Å². The third kappa shape index (κ3) is 6.59. The highest BCUT2D eigenvalue weighted by Gasteiger charge is 2.35. The lowest BCUT2D eigenvalue weighted by Gasteiger charge is -2.31. The molecule has 224 valence electrons. The van der Waals surface area contributed by atoms with Gasteiger partial charge in [0.2, 0.25) is 10.0 Å². The number of ether oxygens (including phenoxy) is 2. The fourth-order valence-electron chi connectivity index (χ4n) is 5.07. The topological polar surface area (TPSA) is 90.7 Å². The number of nitrogens with zero attached hydrogens (tertiary/aromatic N) is 3. The van der Waals surface area contributed by atoms with Crippen LogP contribution >= 0.6 is 0 Å². The first-order valence-electron chi connectivity index (χ1n) is 14.4. The Kier molecular flexibility index (Phi) is 9.86. The van der Waals surface area contributed by atoms with E-state index in [-0.39, 0.29) is 22.4 Å². The number of para-hydroxylation sites is 1. The lowest BCUT2D eigenvalue weighted by atomic mass is 9.87. The van der Waals surface area contributed by atoms with E-state index in [2.05, 4.69) is 20.8 Å². The van der Waals surface area contributed by atoms with E-state index in [1.165, 1.54) is 8.87 Å². The summed E-state index contributed by atoms with van der Waals surface area (Å²) in [4.78, 5) is 19.2. The summed E-state index contributed by atoms with van der Waals surface area (Å²) in [5.74, 6) is 1.04. The molecule has 4 aromatic rings. The van der Waals surface area contributed by atoms with Gasteiger partial charge < -0.3 is 9.47 Å². The molecule has 0 saturated heterocycles. The normalized spacial score (nSPS) is 13.0. The van der Waals surface area contributed by atoms with Crippen LogP contribution in [0.15, 0.2) is 82.5 Å². The minimum Gasteiger partial charge on any atom is -0.494 e. The Bertz CT molecular complexity index is 1660. The smallest absolute Gasteiger partial charge is 0.266 e. The molecule has 1 atom stereocenters. The van der Waals surface area contributed by atoms with Gasteiger partial charge in [-0.15, -0.1) is 0 Å². The summed E-state index contributed by atoms with van der Waals surface area (Å²) >= 11 is 0. The fraction of sp³-hybridized carbons (Fsp3) is 0.394. The van der Waals surface area contributed by atoms with Gasteiger partial charge >= 0.3 is 0 Å². The number of aromatic nitrogens is 2. The maximum Gasteiger partial charge on any atom is 0.266 e. The predicted molar refractivity (Wildman–Crippen MR) is 167 cm³/mol. The van der Waals surface area contributed by atoms with E-state index in [9.17, 15) is 13.2 Å². The van der Waals surface area contributed by atoms with Crippen molar-refractivity contribution in [2.45, 2.75) is 63.8 Å². The van der Waals surface area contributed by atoms with Crippen molar-refractivity contribution < 1.29 is 17.9 Å². The molecule has 1 heterocycles. The highest BCUT2D eigenvalue weighted by Crippen LogP contribution is 2.32. The molecule has 0 spiro atoms. The summed E-state index contributed by atoms with van der Waals surface area (Å²) < 4.78 is 42.6. The zero-order chi connectivity index (χ0) is 30.5. The molecule has 1 unspecified atom stereocenters. The maximum atomic E-state index is 14.3. The van der Waals surface area contributed by atoms with Crippen LogP contribution < -0.4 is 10.3 Å². The Balaban J connectivity index is 1.92. The Morgan fingerprint density at radius 2 is 1.62 bits per heavy atom. The quantitative estimate of drug-likeness (QED) is 0.181. The SMILES string of the molecule is CCOc1ccc(-n2c(C(CC)N(CCCOC)S(=O)(=O)c3ccc(C(C)(C)C)cc3)nc3ccccc3c2=O)cc1. The van der Waals surface area contributed by atoms with Gasteiger partial charge in [-0.3, -0.25) is 9.36 Å².